The lowest BCUT2D eigenvalue weighted by molar-refractivity contribution is -0.132. The summed E-state index contributed by atoms with van der Waals surface area (Å²) in [6.45, 7) is 0.665. The summed E-state index contributed by atoms with van der Waals surface area (Å²) in [5.74, 6) is 2.89. The molecule has 2 unspecified atom stereocenters. The smallest absolute Gasteiger partial charge is 0.234 e. The van der Waals surface area contributed by atoms with E-state index in [0.29, 0.717) is 18.5 Å². The monoisotopic (exact) mass is 208 g/mol. The maximum atomic E-state index is 11.6. The highest BCUT2D eigenvalue weighted by molar-refractivity contribution is 5.78. The van der Waals surface area contributed by atoms with Gasteiger partial charge in [-0.3, -0.25) is 4.79 Å². The van der Waals surface area contributed by atoms with Crippen LogP contribution in [0.2, 0.25) is 0 Å². The number of amides is 1. The number of hydrogen-bond donors (Lipinski definition) is 1. The predicted molar refractivity (Wildman–Crippen MR) is 61.0 cm³/mol. The lowest BCUT2D eigenvalue weighted by Crippen LogP contribution is -2.45. The van der Waals surface area contributed by atoms with Gasteiger partial charge in [0.15, 0.2) is 0 Å². The zero-order chi connectivity index (χ0) is 11.3. The lowest BCUT2D eigenvalue weighted by Gasteiger charge is -2.37. The number of hydrogen-bond acceptors (Lipinski definition) is 2. The molecule has 0 heterocycles. The van der Waals surface area contributed by atoms with E-state index in [0.717, 1.165) is 12.8 Å². The van der Waals surface area contributed by atoms with Crippen LogP contribution in [-0.2, 0) is 4.79 Å². The summed E-state index contributed by atoms with van der Waals surface area (Å²) in [5, 5.41) is 0. The molecule has 0 radical (unpaired) electrons. The summed E-state index contributed by atoms with van der Waals surface area (Å²) >= 11 is 0. The Kier molecular flexibility index (Phi) is 4.64. The normalized spacial score (nSPS) is 25.7. The minimum atomic E-state index is 0.0443. The van der Waals surface area contributed by atoms with Crippen molar-refractivity contribution in [2.75, 3.05) is 13.6 Å². The maximum absolute atomic E-state index is 11.6. The number of nitrogens with two attached hydrogens (primary N) is 1. The van der Waals surface area contributed by atoms with Crippen LogP contribution in [0.25, 0.3) is 0 Å². The molecule has 0 bridgehead atoms. The van der Waals surface area contributed by atoms with E-state index in [2.05, 4.69) is 5.92 Å². The molecule has 3 nitrogen and oxygen atoms in total. The summed E-state index contributed by atoms with van der Waals surface area (Å²) < 4.78 is 0. The highest BCUT2D eigenvalue weighted by atomic mass is 16.2. The van der Waals surface area contributed by atoms with Gasteiger partial charge >= 0.3 is 0 Å². The second-order valence-electron chi connectivity index (χ2n) is 4.23. The minimum Gasteiger partial charge on any atom is -0.342 e. The zero-order valence-corrected chi connectivity index (χ0v) is 9.41. The Hall–Kier alpha value is -1.01. The number of carbonyl (C=O) groups excluding carboxylic acids is 1. The molecule has 2 N–H and O–H groups in total. The number of rotatable bonds is 3. The van der Waals surface area contributed by atoms with Crippen LogP contribution in [-0.4, -0.2) is 30.4 Å². The summed E-state index contributed by atoms with van der Waals surface area (Å²) in [7, 11) is 1.85. The summed E-state index contributed by atoms with van der Waals surface area (Å²) in [4.78, 5) is 13.4. The molecule has 0 spiro atoms. The van der Waals surface area contributed by atoms with Gasteiger partial charge in [-0.25, -0.2) is 0 Å². The summed E-state index contributed by atoms with van der Waals surface area (Å²) in [5.41, 5.74) is 5.73. The fraction of sp³-hybridized carbons (Fsp3) is 0.750. The molecular formula is C12H20N2O. The van der Waals surface area contributed by atoms with Gasteiger partial charge in [-0.1, -0.05) is 18.8 Å². The molecule has 1 rings (SSSR count). The van der Waals surface area contributed by atoms with Crippen LogP contribution in [0.5, 0.6) is 0 Å². The Bertz CT molecular complexity index is 257. The second kappa shape index (κ2) is 5.77. The Labute approximate surface area is 92.0 Å². The van der Waals surface area contributed by atoms with Crippen molar-refractivity contribution in [3.05, 3.63) is 0 Å². The van der Waals surface area contributed by atoms with E-state index in [1.54, 1.807) is 4.90 Å². The molecule has 1 amide bonds. The highest BCUT2D eigenvalue weighted by Crippen LogP contribution is 2.27. The topological polar surface area (TPSA) is 46.3 Å². The van der Waals surface area contributed by atoms with E-state index in [-0.39, 0.29) is 12.3 Å². The molecule has 1 aliphatic rings. The van der Waals surface area contributed by atoms with Crippen LogP contribution in [0.4, 0.5) is 0 Å². The third kappa shape index (κ3) is 2.97. The first kappa shape index (κ1) is 12.1. The molecule has 1 aliphatic carbocycles. The highest BCUT2D eigenvalue weighted by Gasteiger charge is 2.29. The average molecular weight is 208 g/mol. The van der Waals surface area contributed by atoms with Crippen molar-refractivity contribution >= 4 is 5.91 Å². The molecule has 1 saturated carbocycles. The van der Waals surface area contributed by atoms with Crippen LogP contribution >= 0.6 is 0 Å². The maximum Gasteiger partial charge on any atom is 0.234 e. The first-order chi connectivity index (χ1) is 7.20. The van der Waals surface area contributed by atoms with Crippen molar-refractivity contribution in [3.63, 3.8) is 0 Å². The van der Waals surface area contributed by atoms with E-state index in [1.165, 1.54) is 12.8 Å². The Balaban J connectivity index is 2.59. The standard InChI is InChI=1S/C12H20N2O/c1-3-6-12(15)14(2)11-8-5-4-7-10(11)9-13/h1,10-11H,4-9,13H2,2H3. The van der Waals surface area contributed by atoms with E-state index in [9.17, 15) is 4.79 Å². The van der Waals surface area contributed by atoms with Crippen LogP contribution < -0.4 is 5.73 Å². The van der Waals surface area contributed by atoms with E-state index in [4.69, 9.17) is 12.2 Å². The average Bonchev–Trinajstić information content (AvgIpc) is 2.28. The predicted octanol–water partition coefficient (Wildman–Crippen LogP) is 0.986. The molecule has 0 aromatic heterocycles. The molecule has 0 aliphatic heterocycles. The summed E-state index contributed by atoms with van der Waals surface area (Å²) in [6.07, 6.45) is 9.96. The third-order valence-corrected chi connectivity index (χ3v) is 3.32. The van der Waals surface area contributed by atoms with Gasteiger partial charge in [-0.05, 0) is 25.3 Å². The SMILES string of the molecule is C#CCC(=O)N(C)C1CCCCC1CN. The molecule has 3 heteroatoms. The van der Waals surface area contributed by atoms with Crippen LogP contribution in [0.1, 0.15) is 32.1 Å². The first-order valence-electron chi connectivity index (χ1n) is 5.60. The fourth-order valence-electron chi connectivity index (χ4n) is 2.37. The van der Waals surface area contributed by atoms with Gasteiger partial charge in [0.25, 0.3) is 0 Å². The summed E-state index contributed by atoms with van der Waals surface area (Å²) in [6, 6.07) is 0.296. The largest absolute Gasteiger partial charge is 0.342 e. The van der Waals surface area contributed by atoms with Crippen LogP contribution in [0, 0.1) is 18.3 Å². The molecule has 0 aromatic carbocycles. The van der Waals surface area contributed by atoms with Crippen molar-refractivity contribution in [2.24, 2.45) is 11.7 Å². The van der Waals surface area contributed by atoms with Gasteiger partial charge in [0.2, 0.25) is 5.91 Å². The molecular weight excluding hydrogens is 188 g/mol. The van der Waals surface area contributed by atoms with Crippen molar-refractivity contribution in [1.82, 2.24) is 4.90 Å². The Morgan fingerprint density at radius 1 is 1.53 bits per heavy atom. The van der Waals surface area contributed by atoms with E-state index >= 15 is 0 Å². The number of nitrogens with zero attached hydrogens (tertiary/aromatic N) is 1. The first-order valence-corrected chi connectivity index (χ1v) is 5.60. The van der Waals surface area contributed by atoms with Gasteiger partial charge in [-0.15, -0.1) is 6.42 Å². The van der Waals surface area contributed by atoms with Gasteiger partial charge in [0, 0.05) is 13.1 Å². The minimum absolute atomic E-state index is 0.0443. The van der Waals surface area contributed by atoms with E-state index < -0.39 is 0 Å². The molecule has 84 valence electrons. The Morgan fingerprint density at radius 2 is 2.20 bits per heavy atom. The Morgan fingerprint density at radius 3 is 2.80 bits per heavy atom. The van der Waals surface area contributed by atoms with Crippen LogP contribution in [0.3, 0.4) is 0 Å². The second-order valence-corrected chi connectivity index (χ2v) is 4.23. The quantitative estimate of drug-likeness (QED) is 0.703. The fourth-order valence-corrected chi connectivity index (χ4v) is 2.37. The van der Waals surface area contributed by atoms with Crippen molar-refractivity contribution < 1.29 is 4.79 Å². The van der Waals surface area contributed by atoms with Gasteiger partial charge in [0.05, 0.1) is 6.42 Å². The molecule has 0 aromatic rings. The van der Waals surface area contributed by atoms with Gasteiger partial charge in [0.1, 0.15) is 0 Å². The zero-order valence-electron chi connectivity index (χ0n) is 9.41. The van der Waals surface area contributed by atoms with Crippen molar-refractivity contribution in [3.8, 4) is 12.3 Å². The lowest BCUT2D eigenvalue weighted by atomic mass is 9.83. The molecule has 1 fully saturated rings. The third-order valence-electron chi connectivity index (χ3n) is 3.32. The molecule has 2 atom stereocenters. The van der Waals surface area contributed by atoms with Crippen molar-refractivity contribution in [1.29, 1.82) is 0 Å². The van der Waals surface area contributed by atoms with Gasteiger partial charge in [-0.2, -0.15) is 0 Å². The van der Waals surface area contributed by atoms with Crippen LogP contribution in [0.15, 0.2) is 0 Å². The van der Waals surface area contributed by atoms with Gasteiger partial charge < -0.3 is 10.6 Å². The number of carbonyl (C=O) groups is 1. The van der Waals surface area contributed by atoms with E-state index in [1.807, 2.05) is 7.05 Å². The van der Waals surface area contributed by atoms with Crippen molar-refractivity contribution in [2.45, 2.75) is 38.1 Å². The molecule has 0 saturated heterocycles. The number of terminal acetylenes is 1. The molecule has 15 heavy (non-hydrogen) atoms.